The fraction of sp³-hybridized carbons (Fsp3) is 0.727. The van der Waals surface area contributed by atoms with Gasteiger partial charge in [0.25, 0.3) is 0 Å². The number of ether oxygens (including phenoxy) is 8. The van der Waals surface area contributed by atoms with E-state index in [1.54, 1.807) is 6.08 Å². The molecule has 1 rings (SSSR count). The molecule has 2 N–H and O–H groups in total. The molecule has 0 bridgehead atoms. The van der Waals surface area contributed by atoms with Gasteiger partial charge >= 0.3 is 0 Å². The second-order valence-electron chi connectivity index (χ2n) is 14.4. The van der Waals surface area contributed by atoms with Crippen LogP contribution >= 0.6 is 0 Å². The van der Waals surface area contributed by atoms with Gasteiger partial charge in [-0.1, -0.05) is 62.3 Å². The Morgan fingerprint density at radius 3 is 1.64 bits per heavy atom. The summed E-state index contributed by atoms with van der Waals surface area (Å²) < 4.78 is 43.8. The molecular weight excluding hydrogens is 716 g/mol. The lowest BCUT2D eigenvalue weighted by atomic mass is 9.72. The van der Waals surface area contributed by atoms with E-state index >= 15 is 0 Å². The molecule has 0 fully saturated rings. The van der Waals surface area contributed by atoms with Crippen LogP contribution < -0.4 is 10.6 Å². The molecule has 0 aromatic heterocycles. The smallest absolute Gasteiger partial charge is 0.244 e. The highest BCUT2D eigenvalue weighted by Gasteiger charge is 2.26. The predicted octanol–water partition coefficient (Wildman–Crippen LogP) is 6.46. The maximum absolute atomic E-state index is 12.2. The first kappa shape index (κ1) is 51.3. The van der Waals surface area contributed by atoms with Crippen molar-refractivity contribution in [1.29, 1.82) is 0 Å². The lowest BCUT2D eigenvalue weighted by Gasteiger charge is -2.32. The van der Waals surface area contributed by atoms with Gasteiger partial charge < -0.3 is 48.5 Å². The Morgan fingerprint density at radius 1 is 0.643 bits per heavy atom. The van der Waals surface area contributed by atoms with Gasteiger partial charge in [0.15, 0.2) is 0 Å². The standard InChI is InChI=1S/C44H76N2O10/c1-7-21-49-25-29-53-33-35-56-36-34-55-32-28-52-24-17-42(47)45-19-10-22-50-26-30-54-31-27-51-23-11-20-46-43(48)37-39(3)13-8-12-38(2)15-16-41-40(4)14-9-18-44(41,5)6/h8,12-13,15-16,37H,7,9-11,14,17-36H2,1-6H3,(H,45,47)(H,46,48)/b13-8+,16-15+,38-12+,39-37+. The van der Waals surface area contributed by atoms with Gasteiger partial charge in [0.2, 0.25) is 11.8 Å². The number of amides is 2. The summed E-state index contributed by atoms with van der Waals surface area (Å²) in [5, 5.41) is 5.78. The maximum Gasteiger partial charge on any atom is 0.244 e. The van der Waals surface area contributed by atoms with Crippen LogP contribution in [0.25, 0.3) is 0 Å². The molecule has 12 nitrogen and oxygen atoms in total. The zero-order valence-electron chi connectivity index (χ0n) is 35.7. The molecule has 56 heavy (non-hydrogen) atoms. The summed E-state index contributed by atoms with van der Waals surface area (Å²) in [7, 11) is 0. The van der Waals surface area contributed by atoms with Gasteiger partial charge in [-0.15, -0.1) is 0 Å². The van der Waals surface area contributed by atoms with Crippen LogP contribution in [0.2, 0.25) is 0 Å². The van der Waals surface area contributed by atoms with Crippen molar-refractivity contribution in [2.75, 3.05) is 119 Å². The summed E-state index contributed by atoms with van der Waals surface area (Å²) in [6, 6.07) is 0. The Hall–Kier alpha value is -2.68. The predicted molar refractivity (Wildman–Crippen MR) is 223 cm³/mol. The zero-order chi connectivity index (χ0) is 41.0. The van der Waals surface area contributed by atoms with Crippen LogP contribution in [0.5, 0.6) is 0 Å². The van der Waals surface area contributed by atoms with Gasteiger partial charge in [-0.05, 0) is 75.9 Å². The van der Waals surface area contributed by atoms with Crippen LogP contribution in [0, 0.1) is 5.41 Å². The van der Waals surface area contributed by atoms with E-state index in [0.29, 0.717) is 119 Å². The molecule has 0 atom stereocenters. The minimum absolute atomic E-state index is 0.0476. The molecule has 1 aliphatic rings. The molecule has 1 aliphatic carbocycles. The summed E-state index contributed by atoms with van der Waals surface area (Å²) in [5.41, 5.74) is 5.25. The number of hydrogen-bond acceptors (Lipinski definition) is 10. The van der Waals surface area contributed by atoms with Gasteiger partial charge in [0, 0.05) is 45.4 Å². The molecule has 0 saturated carbocycles. The quantitative estimate of drug-likeness (QED) is 0.0414. The Kier molecular flexibility index (Phi) is 32.5. The maximum atomic E-state index is 12.2. The van der Waals surface area contributed by atoms with Crippen molar-refractivity contribution in [3.8, 4) is 0 Å². The highest BCUT2D eigenvalue weighted by molar-refractivity contribution is 5.88. The average Bonchev–Trinajstić information content (AvgIpc) is 3.15. The van der Waals surface area contributed by atoms with E-state index in [2.05, 4.69) is 63.5 Å². The van der Waals surface area contributed by atoms with Crippen LogP contribution in [-0.2, 0) is 47.5 Å². The van der Waals surface area contributed by atoms with Crippen molar-refractivity contribution in [3.05, 3.63) is 58.7 Å². The van der Waals surface area contributed by atoms with Crippen LogP contribution in [-0.4, -0.2) is 131 Å². The Morgan fingerprint density at radius 2 is 1.12 bits per heavy atom. The van der Waals surface area contributed by atoms with Crippen molar-refractivity contribution in [1.82, 2.24) is 10.6 Å². The second-order valence-corrected chi connectivity index (χ2v) is 14.4. The van der Waals surface area contributed by atoms with Crippen LogP contribution in [0.4, 0.5) is 0 Å². The normalized spacial score (nSPS) is 15.0. The fourth-order valence-electron chi connectivity index (χ4n) is 5.65. The van der Waals surface area contributed by atoms with Gasteiger partial charge in [0.1, 0.15) is 0 Å². The monoisotopic (exact) mass is 793 g/mol. The molecule has 2 amide bonds. The number of carbonyl (C=O) groups is 2. The number of hydrogen-bond donors (Lipinski definition) is 2. The Labute approximate surface area is 338 Å². The Balaban J connectivity index is 1.88. The number of rotatable bonds is 36. The molecule has 0 saturated heterocycles. The van der Waals surface area contributed by atoms with Crippen LogP contribution in [0.3, 0.4) is 0 Å². The van der Waals surface area contributed by atoms with Crippen LogP contribution in [0.1, 0.15) is 86.5 Å². The molecule has 0 heterocycles. The highest BCUT2D eigenvalue weighted by atomic mass is 16.6. The minimum Gasteiger partial charge on any atom is -0.379 e. The van der Waals surface area contributed by atoms with E-state index in [-0.39, 0.29) is 17.2 Å². The summed E-state index contributed by atoms with van der Waals surface area (Å²) in [6.07, 6.45) is 18.5. The third kappa shape index (κ3) is 30.5. The molecule has 322 valence electrons. The first-order chi connectivity index (χ1) is 27.2. The largest absolute Gasteiger partial charge is 0.379 e. The molecule has 0 aromatic rings. The second kappa shape index (κ2) is 35.5. The first-order valence-corrected chi connectivity index (χ1v) is 20.7. The van der Waals surface area contributed by atoms with E-state index in [1.807, 2.05) is 19.1 Å². The van der Waals surface area contributed by atoms with E-state index < -0.39 is 0 Å². The first-order valence-electron chi connectivity index (χ1n) is 20.7. The van der Waals surface area contributed by atoms with Crippen molar-refractivity contribution in [2.24, 2.45) is 5.41 Å². The van der Waals surface area contributed by atoms with Crippen LogP contribution in [0.15, 0.2) is 58.7 Å². The molecule has 0 radical (unpaired) electrons. The average molecular weight is 793 g/mol. The van der Waals surface area contributed by atoms with E-state index in [1.165, 1.54) is 36.0 Å². The lowest BCUT2D eigenvalue weighted by molar-refractivity contribution is -0.122. The van der Waals surface area contributed by atoms with Crippen molar-refractivity contribution < 1.29 is 47.5 Å². The number of carbonyl (C=O) groups excluding carboxylic acids is 2. The van der Waals surface area contributed by atoms with E-state index in [9.17, 15) is 9.59 Å². The molecule has 0 spiro atoms. The number of nitrogens with one attached hydrogen (secondary N) is 2. The lowest BCUT2D eigenvalue weighted by Crippen LogP contribution is -2.26. The third-order valence-electron chi connectivity index (χ3n) is 8.74. The van der Waals surface area contributed by atoms with Gasteiger partial charge in [0.05, 0.1) is 85.9 Å². The SMILES string of the molecule is CCCOCCOCCOCCOCCOCCC(=O)NCCCOCCOCCOCCCNC(=O)/C=C(C)/C=C/C=C(C)/C=C/C1=C(C)CCCC1(C)C. The van der Waals surface area contributed by atoms with Crippen molar-refractivity contribution in [3.63, 3.8) is 0 Å². The molecule has 0 unspecified atom stereocenters. The molecule has 12 heteroatoms. The summed E-state index contributed by atoms with van der Waals surface area (Å²) in [6.45, 7) is 22.4. The van der Waals surface area contributed by atoms with Gasteiger partial charge in [-0.2, -0.15) is 0 Å². The summed E-state index contributed by atoms with van der Waals surface area (Å²) in [5.74, 6) is -0.155. The number of allylic oxidation sites excluding steroid dienone is 9. The third-order valence-corrected chi connectivity index (χ3v) is 8.74. The molecular formula is C44H76N2O10. The summed E-state index contributed by atoms with van der Waals surface area (Å²) in [4.78, 5) is 24.2. The topological polar surface area (TPSA) is 132 Å². The van der Waals surface area contributed by atoms with E-state index in [0.717, 1.165) is 31.4 Å². The highest BCUT2D eigenvalue weighted by Crippen LogP contribution is 2.40. The van der Waals surface area contributed by atoms with Crippen molar-refractivity contribution >= 4 is 11.8 Å². The van der Waals surface area contributed by atoms with E-state index in [4.69, 9.17) is 37.9 Å². The van der Waals surface area contributed by atoms with Gasteiger partial charge in [-0.25, -0.2) is 0 Å². The zero-order valence-corrected chi connectivity index (χ0v) is 35.7. The van der Waals surface area contributed by atoms with Crippen molar-refractivity contribution in [2.45, 2.75) is 86.5 Å². The Bertz CT molecular complexity index is 1180. The molecule has 0 aromatic carbocycles. The summed E-state index contributed by atoms with van der Waals surface area (Å²) >= 11 is 0. The molecule has 0 aliphatic heterocycles. The van der Waals surface area contributed by atoms with Gasteiger partial charge in [-0.3, -0.25) is 9.59 Å². The minimum atomic E-state index is -0.108. The fourth-order valence-corrected chi connectivity index (χ4v) is 5.65.